The number of hydrogen-bond donors (Lipinski definition) is 5. The van der Waals surface area contributed by atoms with Gasteiger partial charge in [-0.15, -0.1) is 11.8 Å². The molecule has 4 heterocycles. The number of aliphatic hydroxyl groups is 1. The van der Waals surface area contributed by atoms with Crippen LogP contribution in [0.4, 0.5) is 5.95 Å². The number of carboxylic acids is 1. The molecule has 5 N–H and O–H groups in total. The number of aliphatic carboxylic acids is 1. The van der Waals surface area contributed by atoms with E-state index in [1.54, 1.807) is 19.3 Å². The van der Waals surface area contributed by atoms with Gasteiger partial charge in [-0.3, -0.25) is 15.2 Å². The Morgan fingerprint density at radius 3 is 2.97 bits per heavy atom. The molecule has 3 aliphatic rings. The number of aromatic amines is 1. The molecular weight excluding hydrogens is 396 g/mol. The Labute approximate surface area is 171 Å². The summed E-state index contributed by atoms with van der Waals surface area (Å²) in [5.74, 6) is -1.44. The molecule has 29 heavy (non-hydrogen) atoms. The van der Waals surface area contributed by atoms with Gasteiger partial charge in [0.1, 0.15) is 5.70 Å². The summed E-state index contributed by atoms with van der Waals surface area (Å²) in [4.78, 5) is 37.9. The van der Waals surface area contributed by atoms with Crippen LogP contribution in [0.3, 0.4) is 0 Å². The highest BCUT2D eigenvalue weighted by Crippen LogP contribution is 2.51. The molecule has 1 unspecified atom stereocenters. The first kappa shape index (κ1) is 19.9. The monoisotopic (exact) mass is 420 g/mol. The standard InChI is InChI=1S/C18H24N6O4S/c1-8-13-12(9(2)25)16(26)24(13)14(17(27)28)15(8)29-11-5-10(21-7-11)6-22-23-18-19-3-4-20-18/h3-4,8-9,11-13,22,25H,5-7H2,1-2H3,(H,27,28)(H2,19,20,23)/t8-,9?,11+,12-,13-/m1/s1. The normalized spacial score (nSPS) is 29.6. The van der Waals surface area contributed by atoms with E-state index in [1.807, 2.05) is 6.92 Å². The van der Waals surface area contributed by atoms with Crippen LogP contribution in [0.2, 0.25) is 0 Å². The number of nitrogens with zero attached hydrogens (tertiary/aromatic N) is 3. The molecule has 3 aliphatic heterocycles. The van der Waals surface area contributed by atoms with Crippen LogP contribution in [0.1, 0.15) is 20.3 Å². The molecule has 5 atom stereocenters. The van der Waals surface area contributed by atoms with E-state index >= 15 is 0 Å². The molecule has 4 rings (SSSR count). The summed E-state index contributed by atoms with van der Waals surface area (Å²) < 4.78 is 0. The second kappa shape index (κ2) is 7.81. The number of carbonyl (C=O) groups is 2. The van der Waals surface area contributed by atoms with Crippen molar-refractivity contribution in [2.45, 2.75) is 37.7 Å². The van der Waals surface area contributed by atoms with Crippen molar-refractivity contribution in [3.63, 3.8) is 0 Å². The average molecular weight is 420 g/mol. The van der Waals surface area contributed by atoms with Crippen LogP contribution in [0.5, 0.6) is 0 Å². The number of hydrogen-bond acceptors (Lipinski definition) is 8. The topological polar surface area (TPSA) is 143 Å². The lowest BCUT2D eigenvalue weighted by Gasteiger charge is -2.46. The molecule has 0 saturated carbocycles. The number of carboxylic acid groups (broad SMARTS) is 1. The van der Waals surface area contributed by atoms with Gasteiger partial charge in [-0.2, -0.15) is 0 Å². The second-order valence-corrected chi connectivity index (χ2v) is 8.88. The van der Waals surface area contributed by atoms with Gasteiger partial charge in [0, 0.05) is 40.6 Å². The van der Waals surface area contributed by atoms with Gasteiger partial charge in [-0.1, -0.05) is 6.92 Å². The van der Waals surface area contributed by atoms with E-state index in [1.165, 1.54) is 16.7 Å². The summed E-state index contributed by atoms with van der Waals surface area (Å²) in [6, 6.07) is -0.281. The van der Waals surface area contributed by atoms with Crippen molar-refractivity contribution in [3.8, 4) is 0 Å². The molecule has 1 aromatic rings. The van der Waals surface area contributed by atoms with Gasteiger partial charge < -0.3 is 20.1 Å². The van der Waals surface area contributed by atoms with Gasteiger partial charge in [0.05, 0.1) is 31.2 Å². The summed E-state index contributed by atoms with van der Waals surface area (Å²) in [5.41, 5.74) is 7.07. The first-order chi connectivity index (χ1) is 13.9. The van der Waals surface area contributed by atoms with E-state index in [0.717, 1.165) is 12.1 Å². The van der Waals surface area contributed by atoms with Crippen molar-refractivity contribution >= 4 is 35.3 Å². The number of aliphatic hydroxyl groups excluding tert-OH is 1. The smallest absolute Gasteiger partial charge is 0.353 e. The number of fused-ring (bicyclic) bond motifs is 1. The van der Waals surface area contributed by atoms with Gasteiger partial charge >= 0.3 is 5.97 Å². The largest absolute Gasteiger partial charge is 0.477 e. The SMILES string of the molecule is CC(O)[C@H]1C(=O)N2C(C(=O)O)=C(S[C@@H]3CN=C(CNNc4ncc[nH]4)C3)[C@H](C)[C@H]12. The van der Waals surface area contributed by atoms with Crippen LogP contribution in [-0.2, 0) is 9.59 Å². The number of hydrazine groups is 1. The van der Waals surface area contributed by atoms with Crippen LogP contribution < -0.4 is 10.9 Å². The van der Waals surface area contributed by atoms with Gasteiger partial charge in [0.25, 0.3) is 0 Å². The van der Waals surface area contributed by atoms with Crippen molar-refractivity contribution in [1.82, 2.24) is 20.3 Å². The third kappa shape index (κ3) is 3.53. The summed E-state index contributed by atoms with van der Waals surface area (Å²) in [5, 5.41) is 19.8. The highest BCUT2D eigenvalue weighted by Gasteiger charge is 2.60. The number of anilines is 1. The van der Waals surface area contributed by atoms with Crippen LogP contribution in [-0.4, -0.2) is 73.2 Å². The zero-order chi connectivity index (χ0) is 20.7. The number of thioether (sulfide) groups is 1. The summed E-state index contributed by atoms with van der Waals surface area (Å²) in [6.45, 7) is 4.67. The van der Waals surface area contributed by atoms with Crippen molar-refractivity contribution in [2.24, 2.45) is 16.8 Å². The number of aliphatic imine (C=N–C) groups is 1. The van der Waals surface area contributed by atoms with Gasteiger partial charge in [-0.25, -0.2) is 15.2 Å². The Kier molecular flexibility index (Phi) is 5.36. The van der Waals surface area contributed by atoms with E-state index in [9.17, 15) is 19.8 Å². The van der Waals surface area contributed by atoms with Gasteiger partial charge in [0.15, 0.2) is 0 Å². The predicted molar refractivity (Wildman–Crippen MR) is 108 cm³/mol. The number of carbonyl (C=O) groups excluding carboxylic acids is 1. The second-order valence-electron chi connectivity index (χ2n) is 7.54. The lowest BCUT2D eigenvalue weighted by atomic mass is 9.79. The Balaban J connectivity index is 1.38. The molecule has 0 aliphatic carbocycles. The maximum atomic E-state index is 12.4. The number of nitrogens with one attached hydrogen (secondary N) is 3. The van der Waals surface area contributed by atoms with E-state index in [4.69, 9.17) is 0 Å². The Morgan fingerprint density at radius 2 is 2.31 bits per heavy atom. The lowest BCUT2D eigenvalue weighted by Crippen LogP contribution is -2.63. The molecule has 1 saturated heterocycles. The number of amides is 1. The quantitative estimate of drug-likeness (QED) is 0.301. The highest BCUT2D eigenvalue weighted by atomic mass is 32.2. The Hall–Kier alpha value is -2.37. The van der Waals surface area contributed by atoms with E-state index < -0.39 is 18.0 Å². The molecule has 10 nitrogen and oxygen atoms in total. The Morgan fingerprint density at radius 1 is 1.52 bits per heavy atom. The molecule has 1 fully saturated rings. The minimum absolute atomic E-state index is 0.0699. The maximum absolute atomic E-state index is 12.4. The first-order valence-corrected chi connectivity index (χ1v) is 10.4. The molecule has 0 bridgehead atoms. The van der Waals surface area contributed by atoms with Gasteiger partial charge in [0.2, 0.25) is 11.9 Å². The minimum atomic E-state index is -1.09. The van der Waals surface area contributed by atoms with E-state index in [-0.39, 0.29) is 28.8 Å². The predicted octanol–water partition coefficient (Wildman–Crippen LogP) is 0.426. The third-order valence-corrected chi connectivity index (χ3v) is 7.05. The van der Waals surface area contributed by atoms with E-state index in [2.05, 4.69) is 25.8 Å². The summed E-state index contributed by atoms with van der Waals surface area (Å²) in [6.07, 6.45) is 3.31. The first-order valence-electron chi connectivity index (χ1n) is 9.54. The molecule has 156 valence electrons. The Bertz CT molecular complexity index is 868. The van der Waals surface area contributed by atoms with Crippen LogP contribution in [0.25, 0.3) is 0 Å². The van der Waals surface area contributed by atoms with Gasteiger partial charge in [-0.05, 0) is 6.92 Å². The van der Waals surface area contributed by atoms with Crippen LogP contribution >= 0.6 is 11.8 Å². The zero-order valence-corrected chi connectivity index (χ0v) is 16.9. The highest BCUT2D eigenvalue weighted by molar-refractivity contribution is 8.03. The summed E-state index contributed by atoms with van der Waals surface area (Å²) in [7, 11) is 0. The molecule has 1 aromatic heterocycles. The third-order valence-electron chi connectivity index (χ3n) is 5.58. The van der Waals surface area contributed by atoms with Crippen molar-refractivity contribution in [2.75, 3.05) is 18.5 Å². The fourth-order valence-corrected chi connectivity index (χ4v) is 5.69. The van der Waals surface area contributed by atoms with Crippen molar-refractivity contribution in [1.29, 1.82) is 0 Å². The van der Waals surface area contributed by atoms with Crippen LogP contribution in [0, 0.1) is 11.8 Å². The molecule has 0 spiro atoms. The van der Waals surface area contributed by atoms with Crippen molar-refractivity contribution in [3.05, 3.63) is 23.0 Å². The van der Waals surface area contributed by atoms with Crippen molar-refractivity contribution < 1.29 is 19.8 Å². The lowest BCUT2D eigenvalue weighted by molar-refractivity contribution is -0.163. The molecule has 1 amide bonds. The molecular formula is C18H24N6O4S. The fraction of sp³-hybridized carbons (Fsp3) is 0.556. The number of rotatable bonds is 8. The fourth-order valence-electron chi connectivity index (χ4n) is 4.25. The number of H-pyrrole nitrogens is 1. The number of β-lactam (4-membered cyclic amide) rings is 1. The average Bonchev–Trinajstić information content (AvgIpc) is 3.37. The zero-order valence-electron chi connectivity index (χ0n) is 16.1. The minimum Gasteiger partial charge on any atom is -0.477 e. The summed E-state index contributed by atoms with van der Waals surface area (Å²) >= 11 is 1.50. The van der Waals surface area contributed by atoms with Crippen LogP contribution in [0.15, 0.2) is 28.0 Å². The number of imidazole rings is 1. The number of aromatic nitrogens is 2. The molecule has 0 radical (unpaired) electrons. The molecule has 0 aromatic carbocycles. The maximum Gasteiger partial charge on any atom is 0.353 e. The molecule has 11 heteroatoms. The van der Waals surface area contributed by atoms with E-state index in [0.29, 0.717) is 23.9 Å².